The lowest BCUT2D eigenvalue weighted by atomic mass is 9.80. The Labute approximate surface area is 179 Å². The topological polar surface area (TPSA) is 36.3 Å². The molecule has 1 aliphatic heterocycles. The van der Waals surface area contributed by atoms with Gasteiger partial charge in [0.1, 0.15) is 5.75 Å². The highest BCUT2D eigenvalue weighted by atomic mass is 16.5. The molecule has 0 unspecified atom stereocenters. The third-order valence-corrected chi connectivity index (χ3v) is 6.08. The molecule has 152 valence electrons. The van der Waals surface area contributed by atoms with Crippen molar-refractivity contribution in [1.82, 2.24) is 4.90 Å². The minimum atomic E-state index is -0.762. The summed E-state index contributed by atoms with van der Waals surface area (Å²) in [6, 6.07) is 33.2. The molecule has 1 fully saturated rings. The fraction of sp³-hybridized carbons (Fsp3) is 0.296. The molecule has 0 aliphatic carbocycles. The number of piperidine rings is 1. The maximum absolute atomic E-state index is 10.5. The Morgan fingerprint density at radius 3 is 2.00 bits per heavy atom. The van der Waals surface area contributed by atoms with Crippen LogP contribution in [-0.2, 0) is 5.54 Å². The summed E-state index contributed by atoms with van der Waals surface area (Å²) < 4.78 is 5.94. The summed E-state index contributed by atoms with van der Waals surface area (Å²) in [5.74, 6) is 1.44. The lowest BCUT2D eigenvalue weighted by Crippen LogP contribution is -2.50. The van der Waals surface area contributed by atoms with Crippen molar-refractivity contribution in [2.45, 2.75) is 24.8 Å². The monoisotopic (exact) mass is 396 g/mol. The summed E-state index contributed by atoms with van der Waals surface area (Å²) in [7, 11) is 0. The predicted molar refractivity (Wildman–Crippen MR) is 120 cm³/mol. The van der Waals surface area contributed by atoms with Gasteiger partial charge in [0.05, 0.1) is 12.7 Å². The molecular weight excluding hydrogens is 368 g/mol. The zero-order valence-corrected chi connectivity index (χ0v) is 17.3. The van der Waals surface area contributed by atoms with E-state index in [1.807, 2.05) is 66.7 Å². The molecule has 0 saturated carbocycles. The second kappa shape index (κ2) is 9.61. The average Bonchev–Trinajstić information content (AvgIpc) is 2.82. The molecule has 0 aromatic heterocycles. The molecule has 1 saturated heterocycles. The van der Waals surface area contributed by atoms with E-state index in [0.29, 0.717) is 12.5 Å². The predicted octanol–water partition coefficient (Wildman–Crippen LogP) is 5.63. The minimum Gasteiger partial charge on any atom is -0.494 e. The Morgan fingerprint density at radius 1 is 0.867 bits per heavy atom. The van der Waals surface area contributed by atoms with Gasteiger partial charge in [-0.25, -0.2) is 0 Å². The number of hydrogen-bond donors (Lipinski definition) is 0. The van der Waals surface area contributed by atoms with Gasteiger partial charge in [-0.15, -0.1) is 0 Å². The van der Waals surface area contributed by atoms with E-state index in [9.17, 15) is 5.26 Å². The second-order valence-corrected chi connectivity index (χ2v) is 7.96. The van der Waals surface area contributed by atoms with Crippen LogP contribution < -0.4 is 4.74 Å². The maximum Gasteiger partial charge on any atom is 0.160 e. The van der Waals surface area contributed by atoms with Crippen molar-refractivity contribution in [1.29, 1.82) is 5.26 Å². The van der Waals surface area contributed by atoms with E-state index in [1.54, 1.807) is 0 Å². The molecule has 0 bridgehead atoms. The van der Waals surface area contributed by atoms with E-state index in [2.05, 4.69) is 35.2 Å². The van der Waals surface area contributed by atoms with Crippen LogP contribution in [0, 0.1) is 17.2 Å². The van der Waals surface area contributed by atoms with Crippen molar-refractivity contribution < 1.29 is 4.74 Å². The first-order chi connectivity index (χ1) is 14.8. The first-order valence-electron chi connectivity index (χ1n) is 10.8. The maximum atomic E-state index is 10.5. The lowest BCUT2D eigenvalue weighted by Gasteiger charge is -2.44. The van der Waals surface area contributed by atoms with Crippen LogP contribution in [0.5, 0.6) is 5.75 Å². The van der Waals surface area contributed by atoms with Gasteiger partial charge in [-0.1, -0.05) is 78.9 Å². The number of nitriles is 1. The first kappa shape index (κ1) is 20.2. The summed E-state index contributed by atoms with van der Waals surface area (Å²) in [5.41, 5.74) is 1.32. The Hall–Kier alpha value is -3.09. The van der Waals surface area contributed by atoms with Crippen LogP contribution in [0.2, 0.25) is 0 Å². The van der Waals surface area contributed by atoms with Gasteiger partial charge >= 0.3 is 0 Å². The van der Waals surface area contributed by atoms with Crippen molar-refractivity contribution >= 4 is 0 Å². The molecule has 3 aromatic carbocycles. The van der Waals surface area contributed by atoms with E-state index in [1.165, 1.54) is 6.42 Å². The van der Waals surface area contributed by atoms with E-state index in [0.717, 1.165) is 42.8 Å². The molecule has 1 heterocycles. The van der Waals surface area contributed by atoms with Crippen LogP contribution in [-0.4, -0.2) is 24.6 Å². The number of likely N-dealkylation sites (tertiary alicyclic amines) is 1. The third kappa shape index (κ3) is 4.25. The summed E-state index contributed by atoms with van der Waals surface area (Å²) in [5, 5.41) is 10.5. The van der Waals surface area contributed by atoms with Gasteiger partial charge in [0.2, 0.25) is 0 Å². The highest BCUT2D eigenvalue weighted by Gasteiger charge is 2.42. The average molecular weight is 397 g/mol. The number of nitrogens with zero attached hydrogens (tertiary/aromatic N) is 2. The Morgan fingerprint density at radius 2 is 1.43 bits per heavy atom. The van der Waals surface area contributed by atoms with Crippen molar-refractivity contribution in [3.63, 3.8) is 0 Å². The number of benzene rings is 3. The van der Waals surface area contributed by atoms with Gasteiger partial charge in [0.25, 0.3) is 0 Å². The molecule has 30 heavy (non-hydrogen) atoms. The highest BCUT2D eigenvalue weighted by molar-refractivity contribution is 5.45. The Balaban J connectivity index is 1.54. The highest BCUT2D eigenvalue weighted by Crippen LogP contribution is 2.38. The molecule has 0 radical (unpaired) electrons. The number of rotatable bonds is 7. The Kier molecular flexibility index (Phi) is 6.47. The number of ether oxygens (including phenoxy) is 1. The largest absolute Gasteiger partial charge is 0.494 e. The van der Waals surface area contributed by atoms with Crippen LogP contribution in [0.4, 0.5) is 0 Å². The summed E-state index contributed by atoms with van der Waals surface area (Å²) in [6.45, 7) is 2.53. The fourth-order valence-corrected chi connectivity index (χ4v) is 4.56. The molecule has 1 aliphatic rings. The first-order valence-corrected chi connectivity index (χ1v) is 10.8. The normalized spacial score (nSPS) is 17.2. The van der Waals surface area contributed by atoms with Gasteiger partial charge in [0.15, 0.2) is 5.54 Å². The third-order valence-electron chi connectivity index (χ3n) is 6.08. The van der Waals surface area contributed by atoms with E-state index in [-0.39, 0.29) is 0 Å². The molecule has 4 rings (SSSR count). The molecule has 1 atom stereocenters. The van der Waals surface area contributed by atoms with E-state index in [4.69, 9.17) is 4.74 Å². The van der Waals surface area contributed by atoms with Crippen molar-refractivity contribution in [2.75, 3.05) is 19.7 Å². The van der Waals surface area contributed by atoms with Gasteiger partial charge in [-0.05, 0) is 48.4 Å². The molecule has 3 heteroatoms. The van der Waals surface area contributed by atoms with Gasteiger partial charge in [-0.2, -0.15) is 5.26 Å². The van der Waals surface area contributed by atoms with Crippen LogP contribution in [0.3, 0.4) is 0 Å². The number of para-hydroxylation sites is 1. The van der Waals surface area contributed by atoms with Gasteiger partial charge < -0.3 is 4.74 Å². The van der Waals surface area contributed by atoms with Gasteiger partial charge in [0, 0.05) is 13.1 Å². The minimum absolute atomic E-state index is 0.516. The molecule has 3 nitrogen and oxygen atoms in total. The van der Waals surface area contributed by atoms with Crippen molar-refractivity contribution in [2.24, 2.45) is 5.92 Å². The molecule has 0 amide bonds. The molecular formula is C27H28N2O. The van der Waals surface area contributed by atoms with Crippen LogP contribution in [0.15, 0.2) is 91.0 Å². The quantitative estimate of drug-likeness (QED) is 0.519. The van der Waals surface area contributed by atoms with Crippen LogP contribution >= 0.6 is 0 Å². The zero-order chi connectivity index (χ0) is 20.7. The van der Waals surface area contributed by atoms with Gasteiger partial charge in [-0.3, -0.25) is 4.90 Å². The summed E-state index contributed by atoms with van der Waals surface area (Å²) >= 11 is 0. The molecule has 0 N–H and O–H groups in total. The van der Waals surface area contributed by atoms with Crippen LogP contribution in [0.25, 0.3) is 0 Å². The van der Waals surface area contributed by atoms with E-state index < -0.39 is 5.54 Å². The fourth-order valence-electron chi connectivity index (χ4n) is 4.56. The SMILES string of the molecule is N#CC(c1ccccc1)(c1ccccc1)N1CCC[C@H](CCOc2ccccc2)C1. The second-order valence-electron chi connectivity index (χ2n) is 7.96. The van der Waals surface area contributed by atoms with Crippen molar-refractivity contribution in [3.8, 4) is 11.8 Å². The number of hydrogen-bond acceptors (Lipinski definition) is 3. The summed E-state index contributed by atoms with van der Waals surface area (Å²) in [4.78, 5) is 2.38. The zero-order valence-electron chi connectivity index (χ0n) is 17.3. The van der Waals surface area contributed by atoms with Crippen molar-refractivity contribution in [3.05, 3.63) is 102 Å². The van der Waals surface area contributed by atoms with E-state index >= 15 is 0 Å². The summed E-state index contributed by atoms with van der Waals surface area (Å²) in [6.07, 6.45) is 3.27. The van der Waals surface area contributed by atoms with Crippen LogP contribution in [0.1, 0.15) is 30.4 Å². The standard InChI is InChI=1S/C27H28N2O/c28-22-27(24-12-4-1-5-13-24,25-14-6-2-7-15-25)29-19-10-11-23(21-29)18-20-30-26-16-8-3-9-17-26/h1-9,12-17,23H,10-11,18-21H2/t23-/m1/s1. The molecule has 0 spiro atoms. The smallest absolute Gasteiger partial charge is 0.160 e. The Bertz CT molecular complexity index is 911. The lowest BCUT2D eigenvalue weighted by molar-refractivity contribution is 0.0917. The molecule has 3 aromatic rings.